The maximum absolute atomic E-state index is 11.9. The van der Waals surface area contributed by atoms with E-state index in [0.717, 1.165) is 4.47 Å². The molecule has 0 atom stereocenters. The third-order valence-corrected chi connectivity index (χ3v) is 2.58. The lowest BCUT2D eigenvalue weighted by molar-refractivity contribution is -0.137. The minimum absolute atomic E-state index is 0.296. The molecule has 1 heterocycles. The maximum Gasteiger partial charge on any atom is 0.323 e. The highest BCUT2D eigenvalue weighted by molar-refractivity contribution is 9.10. The summed E-state index contributed by atoms with van der Waals surface area (Å²) in [5.74, 6) is -1.32. The zero-order valence-electron chi connectivity index (χ0n) is 9.11. The lowest BCUT2D eigenvalue weighted by Crippen LogP contribution is -2.33. The molecule has 0 spiro atoms. The predicted molar refractivity (Wildman–Crippen MR) is 62.4 cm³/mol. The standard InChI is InChI=1S/C10H13BrN2O3/c1-3-13-5-7(11)4-8(13)10(16)12(2)6-9(14)15/h4-5H,3,6H2,1-2H3,(H,14,15). The number of hydrogen-bond donors (Lipinski definition) is 1. The summed E-state index contributed by atoms with van der Waals surface area (Å²) in [5, 5.41) is 8.60. The van der Waals surface area contributed by atoms with Gasteiger partial charge < -0.3 is 14.6 Å². The van der Waals surface area contributed by atoms with E-state index < -0.39 is 5.97 Å². The molecule has 5 nitrogen and oxygen atoms in total. The summed E-state index contributed by atoms with van der Waals surface area (Å²) in [6.07, 6.45) is 1.79. The molecule has 0 aromatic carbocycles. The summed E-state index contributed by atoms with van der Waals surface area (Å²) >= 11 is 3.28. The van der Waals surface area contributed by atoms with Crippen LogP contribution in [-0.2, 0) is 11.3 Å². The number of aryl methyl sites for hydroxylation is 1. The molecule has 0 saturated heterocycles. The third-order valence-electron chi connectivity index (χ3n) is 2.14. The topological polar surface area (TPSA) is 62.5 Å². The maximum atomic E-state index is 11.9. The first kappa shape index (κ1) is 12.8. The zero-order valence-corrected chi connectivity index (χ0v) is 10.7. The van der Waals surface area contributed by atoms with Gasteiger partial charge in [-0.25, -0.2) is 0 Å². The van der Waals surface area contributed by atoms with Crippen molar-refractivity contribution in [2.75, 3.05) is 13.6 Å². The van der Waals surface area contributed by atoms with Gasteiger partial charge in [0.15, 0.2) is 0 Å². The molecule has 16 heavy (non-hydrogen) atoms. The van der Waals surface area contributed by atoms with Crippen LogP contribution in [0.1, 0.15) is 17.4 Å². The summed E-state index contributed by atoms with van der Waals surface area (Å²) < 4.78 is 2.58. The van der Waals surface area contributed by atoms with Crippen LogP contribution in [0, 0.1) is 0 Å². The second-order valence-electron chi connectivity index (χ2n) is 3.38. The van der Waals surface area contributed by atoms with Gasteiger partial charge in [0.05, 0.1) is 0 Å². The van der Waals surface area contributed by atoms with Crippen molar-refractivity contribution >= 4 is 27.8 Å². The van der Waals surface area contributed by atoms with E-state index in [1.807, 2.05) is 6.92 Å². The van der Waals surface area contributed by atoms with Crippen molar-refractivity contribution in [2.45, 2.75) is 13.5 Å². The molecule has 1 aromatic rings. The van der Waals surface area contributed by atoms with Crippen molar-refractivity contribution in [2.24, 2.45) is 0 Å². The Morgan fingerprint density at radius 3 is 2.69 bits per heavy atom. The number of aromatic nitrogens is 1. The van der Waals surface area contributed by atoms with E-state index in [9.17, 15) is 9.59 Å². The van der Waals surface area contributed by atoms with E-state index in [0.29, 0.717) is 12.2 Å². The molecule has 0 aliphatic carbocycles. The van der Waals surface area contributed by atoms with Crippen molar-refractivity contribution in [1.82, 2.24) is 9.47 Å². The number of likely N-dealkylation sites (N-methyl/N-ethyl adjacent to an activating group) is 1. The van der Waals surface area contributed by atoms with Crippen molar-refractivity contribution in [3.05, 3.63) is 22.4 Å². The first-order valence-electron chi connectivity index (χ1n) is 4.78. The van der Waals surface area contributed by atoms with Crippen LogP contribution >= 0.6 is 15.9 Å². The monoisotopic (exact) mass is 288 g/mol. The molecule has 0 aliphatic heterocycles. The molecule has 0 radical (unpaired) electrons. The largest absolute Gasteiger partial charge is 0.480 e. The molecule has 0 saturated carbocycles. The summed E-state index contributed by atoms with van der Waals surface area (Å²) in [6, 6.07) is 1.68. The average molecular weight is 289 g/mol. The number of halogens is 1. The SMILES string of the molecule is CCn1cc(Br)cc1C(=O)N(C)CC(=O)O. The van der Waals surface area contributed by atoms with Crippen LogP contribution in [0.2, 0.25) is 0 Å². The summed E-state index contributed by atoms with van der Waals surface area (Å²) in [4.78, 5) is 23.6. The molecule has 88 valence electrons. The van der Waals surface area contributed by atoms with Gasteiger partial charge in [-0.3, -0.25) is 9.59 Å². The molecule has 0 bridgehead atoms. The Kier molecular flexibility index (Phi) is 4.12. The quantitative estimate of drug-likeness (QED) is 0.912. The molecular weight excluding hydrogens is 276 g/mol. The van der Waals surface area contributed by atoms with Crippen molar-refractivity contribution in [1.29, 1.82) is 0 Å². The van der Waals surface area contributed by atoms with Crippen LogP contribution in [-0.4, -0.2) is 40.0 Å². The Labute approximate surface area is 102 Å². The third kappa shape index (κ3) is 2.85. The van der Waals surface area contributed by atoms with Gasteiger partial charge in [0.25, 0.3) is 5.91 Å². The first-order valence-corrected chi connectivity index (χ1v) is 5.58. The number of carboxylic acids is 1. The van der Waals surface area contributed by atoms with Crippen LogP contribution in [0.4, 0.5) is 0 Å². The van der Waals surface area contributed by atoms with Gasteiger partial charge >= 0.3 is 5.97 Å². The number of aliphatic carboxylic acids is 1. The van der Waals surface area contributed by atoms with E-state index >= 15 is 0 Å². The highest BCUT2D eigenvalue weighted by Crippen LogP contribution is 2.16. The lowest BCUT2D eigenvalue weighted by Gasteiger charge is -2.15. The van der Waals surface area contributed by atoms with Gasteiger partial charge in [-0.1, -0.05) is 0 Å². The van der Waals surface area contributed by atoms with Gasteiger partial charge in [-0.05, 0) is 28.9 Å². The molecular formula is C10H13BrN2O3. The van der Waals surface area contributed by atoms with E-state index in [-0.39, 0.29) is 12.5 Å². The Hall–Kier alpha value is -1.30. The number of carbonyl (C=O) groups is 2. The van der Waals surface area contributed by atoms with Crippen LogP contribution in [0.25, 0.3) is 0 Å². The highest BCUT2D eigenvalue weighted by Gasteiger charge is 2.18. The van der Waals surface area contributed by atoms with E-state index in [1.54, 1.807) is 16.8 Å². The highest BCUT2D eigenvalue weighted by atomic mass is 79.9. The average Bonchev–Trinajstić information content (AvgIpc) is 2.57. The van der Waals surface area contributed by atoms with E-state index in [4.69, 9.17) is 5.11 Å². The van der Waals surface area contributed by atoms with Crippen molar-refractivity contribution in [3.8, 4) is 0 Å². The molecule has 1 aromatic heterocycles. The number of amides is 1. The number of carbonyl (C=O) groups excluding carboxylic acids is 1. The van der Waals surface area contributed by atoms with Crippen LogP contribution in [0.3, 0.4) is 0 Å². The Balaban J connectivity index is 2.90. The van der Waals surface area contributed by atoms with Gasteiger partial charge in [-0.2, -0.15) is 0 Å². The second kappa shape index (κ2) is 5.16. The molecule has 1 N–H and O–H groups in total. The van der Waals surface area contributed by atoms with Crippen molar-refractivity contribution in [3.63, 3.8) is 0 Å². The Morgan fingerprint density at radius 1 is 1.56 bits per heavy atom. The summed E-state index contributed by atoms with van der Waals surface area (Å²) in [6.45, 7) is 2.28. The fraction of sp³-hybridized carbons (Fsp3) is 0.400. The smallest absolute Gasteiger partial charge is 0.323 e. The fourth-order valence-corrected chi connectivity index (χ4v) is 1.85. The predicted octanol–water partition coefficient (Wildman–Crippen LogP) is 1.43. The lowest BCUT2D eigenvalue weighted by atomic mass is 10.3. The zero-order chi connectivity index (χ0) is 12.3. The van der Waals surface area contributed by atoms with E-state index in [2.05, 4.69) is 15.9 Å². The molecule has 0 aliphatic rings. The van der Waals surface area contributed by atoms with Crippen LogP contribution in [0.15, 0.2) is 16.7 Å². The molecule has 1 rings (SSSR count). The van der Waals surface area contributed by atoms with Gasteiger partial charge in [0.2, 0.25) is 0 Å². The van der Waals surface area contributed by atoms with Gasteiger partial charge in [0.1, 0.15) is 12.2 Å². The first-order chi connectivity index (χ1) is 7.45. The normalized spacial score (nSPS) is 10.2. The summed E-state index contributed by atoms with van der Waals surface area (Å²) in [5.41, 5.74) is 0.484. The minimum Gasteiger partial charge on any atom is -0.480 e. The van der Waals surface area contributed by atoms with Gasteiger partial charge in [0, 0.05) is 24.3 Å². The Morgan fingerprint density at radius 2 is 2.19 bits per heavy atom. The number of rotatable bonds is 4. The molecule has 0 fully saturated rings. The van der Waals surface area contributed by atoms with Crippen molar-refractivity contribution < 1.29 is 14.7 Å². The number of nitrogens with zero attached hydrogens (tertiary/aromatic N) is 2. The molecule has 6 heteroatoms. The van der Waals surface area contributed by atoms with E-state index in [1.165, 1.54) is 11.9 Å². The number of carboxylic acid groups (broad SMARTS) is 1. The fourth-order valence-electron chi connectivity index (χ4n) is 1.39. The minimum atomic E-state index is -1.02. The molecule has 0 unspecified atom stereocenters. The summed E-state index contributed by atoms with van der Waals surface area (Å²) in [7, 11) is 1.47. The van der Waals surface area contributed by atoms with Gasteiger partial charge in [-0.15, -0.1) is 0 Å². The molecule has 1 amide bonds. The van der Waals surface area contributed by atoms with Crippen LogP contribution < -0.4 is 0 Å². The second-order valence-corrected chi connectivity index (χ2v) is 4.30. The Bertz CT molecular complexity index is 414. The number of hydrogen-bond acceptors (Lipinski definition) is 2. The van der Waals surface area contributed by atoms with Crippen LogP contribution in [0.5, 0.6) is 0 Å².